The van der Waals surface area contributed by atoms with Gasteiger partial charge in [0.15, 0.2) is 0 Å². The van der Waals surface area contributed by atoms with Crippen molar-refractivity contribution in [2.75, 3.05) is 11.5 Å². The van der Waals surface area contributed by atoms with Crippen LogP contribution in [0.2, 0.25) is 0 Å². The van der Waals surface area contributed by atoms with Crippen molar-refractivity contribution in [3.8, 4) is 11.5 Å². The molecule has 0 saturated heterocycles. The monoisotopic (exact) mass is 667 g/mol. The third-order valence-corrected chi connectivity index (χ3v) is 11.5. The quantitative estimate of drug-likeness (QED) is 0.123. The van der Waals surface area contributed by atoms with Crippen LogP contribution in [0.4, 0.5) is 0 Å². The lowest BCUT2D eigenvalue weighted by molar-refractivity contribution is 0.443. The molecule has 0 spiro atoms. The van der Waals surface area contributed by atoms with Gasteiger partial charge in [-0.25, -0.2) is 0 Å². The van der Waals surface area contributed by atoms with E-state index >= 15 is 0 Å². The average Bonchev–Trinajstić information content (AvgIpc) is 2.97. The van der Waals surface area contributed by atoms with Crippen molar-refractivity contribution < 1.29 is 10.2 Å². The molecular weight excluding hydrogens is 593 g/mol. The van der Waals surface area contributed by atoms with E-state index in [1.807, 2.05) is 12.1 Å². The van der Waals surface area contributed by atoms with Crippen molar-refractivity contribution in [1.82, 2.24) is 0 Å². The number of rotatable bonds is 22. The van der Waals surface area contributed by atoms with Crippen LogP contribution in [0.25, 0.3) is 0 Å². The topological polar surface area (TPSA) is 40.5 Å². The zero-order valence-corrected chi connectivity index (χ0v) is 33.3. The standard InChI is InChI=1S/C44H74O2S/c1-11-12-13-14-15-16-17-18-19-20-21-22-23-24-25-26-27-47-32-35(4)42(36-30-38(43(5,6)7)40(45)28-33(36)2)37-31-39(44(8,9)10)41(46)29-34(37)3/h28-31,35,42,45-46H,11-27,32H2,1-10H3. The minimum atomic E-state index is -0.150. The Morgan fingerprint density at radius 1 is 0.553 bits per heavy atom. The lowest BCUT2D eigenvalue weighted by Crippen LogP contribution is -2.20. The molecule has 2 rings (SSSR count). The minimum absolute atomic E-state index is 0.150. The molecule has 0 aliphatic heterocycles. The van der Waals surface area contributed by atoms with E-state index in [0.29, 0.717) is 17.4 Å². The summed E-state index contributed by atoms with van der Waals surface area (Å²) in [5.74, 6) is 3.70. The molecular formula is C44H74O2S. The van der Waals surface area contributed by atoms with Crippen LogP contribution in [-0.2, 0) is 10.8 Å². The molecule has 1 unspecified atom stereocenters. The second-order valence-corrected chi connectivity index (χ2v) is 17.9. The van der Waals surface area contributed by atoms with Gasteiger partial charge >= 0.3 is 0 Å². The number of phenolic OH excluding ortho intramolecular Hbond substituents is 2. The first-order valence-electron chi connectivity index (χ1n) is 19.4. The van der Waals surface area contributed by atoms with Crippen molar-refractivity contribution in [1.29, 1.82) is 0 Å². The molecule has 47 heavy (non-hydrogen) atoms. The van der Waals surface area contributed by atoms with Crippen LogP contribution in [0.15, 0.2) is 24.3 Å². The van der Waals surface area contributed by atoms with Crippen LogP contribution in [0, 0.1) is 19.8 Å². The number of hydrogen-bond acceptors (Lipinski definition) is 3. The number of phenols is 2. The molecule has 0 amide bonds. The highest BCUT2D eigenvalue weighted by molar-refractivity contribution is 7.99. The zero-order valence-electron chi connectivity index (χ0n) is 32.5. The second kappa shape index (κ2) is 20.8. The smallest absolute Gasteiger partial charge is 0.119 e. The first-order chi connectivity index (χ1) is 22.2. The molecule has 2 aromatic rings. The lowest BCUT2D eigenvalue weighted by atomic mass is 9.74. The summed E-state index contributed by atoms with van der Waals surface area (Å²) >= 11 is 2.10. The Balaban J connectivity index is 1.91. The maximum atomic E-state index is 10.9. The SMILES string of the molecule is CCCCCCCCCCCCCCCCCCSCC(C)C(c1cc(C(C)(C)C)c(O)cc1C)c1cc(C(C)(C)C)c(O)cc1C. The second-order valence-electron chi connectivity index (χ2n) is 16.8. The van der Waals surface area contributed by atoms with Crippen molar-refractivity contribution in [3.05, 3.63) is 57.6 Å². The maximum Gasteiger partial charge on any atom is 0.119 e. The van der Waals surface area contributed by atoms with Crippen LogP contribution in [-0.4, -0.2) is 21.7 Å². The summed E-state index contributed by atoms with van der Waals surface area (Å²) in [6.07, 6.45) is 22.6. The summed E-state index contributed by atoms with van der Waals surface area (Å²) < 4.78 is 0. The number of hydrogen-bond donors (Lipinski definition) is 2. The Labute approximate surface area is 296 Å². The third-order valence-electron chi connectivity index (χ3n) is 10.1. The fraction of sp³-hybridized carbons (Fsp3) is 0.727. The van der Waals surface area contributed by atoms with Crippen molar-refractivity contribution in [2.45, 2.75) is 189 Å². The predicted molar refractivity (Wildman–Crippen MR) is 211 cm³/mol. The van der Waals surface area contributed by atoms with Gasteiger partial charge in [0.25, 0.3) is 0 Å². The van der Waals surface area contributed by atoms with Gasteiger partial charge in [-0.3, -0.25) is 0 Å². The first-order valence-corrected chi connectivity index (χ1v) is 20.6. The van der Waals surface area contributed by atoms with Crippen LogP contribution < -0.4 is 0 Å². The Morgan fingerprint density at radius 3 is 1.23 bits per heavy atom. The van der Waals surface area contributed by atoms with Crippen LogP contribution in [0.3, 0.4) is 0 Å². The van der Waals surface area contributed by atoms with Crippen molar-refractivity contribution in [2.24, 2.45) is 5.92 Å². The Morgan fingerprint density at radius 2 is 0.894 bits per heavy atom. The molecule has 0 saturated carbocycles. The molecule has 0 radical (unpaired) electrons. The van der Waals surface area contributed by atoms with E-state index in [-0.39, 0.29) is 16.7 Å². The summed E-state index contributed by atoms with van der Waals surface area (Å²) in [6, 6.07) is 8.49. The average molecular weight is 667 g/mol. The zero-order chi connectivity index (χ0) is 35.0. The predicted octanol–water partition coefficient (Wildman–Crippen LogP) is 14.1. The van der Waals surface area contributed by atoms with Gasteiger partial charge in [0.1, 0.15) is 11.5 Å². The van der Waals surface area contributed by atoms with Gasteiger partial charge in [-0.2, -0.15) is 11.8 Å². The van der Waals surface area contributed by atoms with E-state index in [4.69, 9.17) is 0 Å². The fourth-order valence-corrected chi connectivity index (χ4v) is 8.33. The summed E-state index contributed by atoms with van der Waals surface area (Å²) in [5.41, 5.74) is 6.59. The molecule has 0 aliphatic rings. The molecule has 0 aromatic heterocycles. The molecule has 1 atom stereocenters. The van der Waals surface area contributed by atoms with E-state index in [1.54, 1.807) is 0 Å². The minimum Gasteiger partial charge on any atom is -0.508 e. The molecule has 2 nitrogen and oxygen atoms in total. The molecule has 268 valence electrons. The Kier molecular flexibility index (Phi) is 18.4. The van der Waals surface area contributed by atoms with E-state index in [1.165, 1.54) is 120 Å². The fourth-order valence-electron chi connectivity index (χ4n) is 7.19. The van der Waals surface area contributed by atoms with E-state index < -0.39 is 0 Å². The molecule has 2 aromatic carbocycles. The molecule has 2 N–H and O–H groups in total. The van der Waals surface area contributed by atoms with Gasteiger partial charge in [-0.05, 0) is 94.0 Å². The normalized spacial score (nSPS) is 13.1. The lowest BCUT2D eigenvalue weighted by Gasteiger charge is -2.32. The largest absolute Gasteiger partial charge is 0.508 e. The van der Waals surface area contributed by atoms with E-state index in [2.05, 4.69) is 93.1 Å². The van der Waals surface area contributed by atoms with Gasteiger partial charge in [0.2, 0.25) is 0 Å². The number of aryl methyl sites for hydroxylation is 2. The van der Waals surface area contributed by atoms with Gasteiger partial charge < -0.3 is 10.2 Å². The van der Waals surface area contributed by atoms with Crippen molar-refractivity contribution in [3.63, 3.8) is 0 Å². The van der Waals surface area contributed by atoms with Crippen LogP contribution in [0.5, 0.6) is 11.5 Å². The summed E-state index contributed by atoms with van der Waals surface area (Å²) in [5, 5.41) is 21.8. The van der Waals surface area contributed by atoms with E-state index in [0.717, 1.165) is 28.0 Å². The summed E-state index contributed by atoms with van der Waals surface area (Å²) in [6.45, 7) is 22.0. The molecule has 0 heterocycles. The molecule has 0 bridgehead atoms. The van der Waals surface area contributed by atoms with Gasteiger partial charge in [-0.15, -0.1) is 0 Å². The highest BCUT2D eigenvalue weighted by Crippen LogP contribution is 2.44. The van der Waals surface area contributed by atoms with Gasteiger partial charge in [-0.1, -0.05) is 164 Å². The first kappa shape index (κ1) is 41.6. The van der Waals surface area contributed by atoms with Gasteiger partial charge in [0.05, 0.1) is 0 Å². The number of aromatic hydroxyl groups is 2. The van der Waals surface area contributed by atoms with Gasteiger partial charge in [0, 0.05) is 5.92 Å². The highest BCUT2D eigenvalue weighted by Gasteiger charge is 2.30. The molecule has 3 heteroatoms. The highest BCUT2D eigenvalue weighted by atomic mass is 32.2. The Hall–Kier alpha value is -1.61. The van der Waals surface area contributed by atoms with Crippen molar-refractivity contribution >= 4 is 11.8 Å². The molecule has 0 aliphatic carbocycles. The third kappa shape index (κ3) is 14.4. The number of benzene rings is 2. The summed E-state index contributed by atoms with van der Waals surface area (Å²) in [4.78, 5) is 0. The number of unbranched alkanes of at least 4 members (excludes halogenated alkanes) is 15. The summed E-state index contributed by atoms with van der Waals surface area (Å²) in [7, 11) is 0. The van der Waals surface area contributed by atoms with E-state index in [9.17, 15) is 10.2 Å². The Bertz CT molecular complexity index is 1100. The number of thioether (sulfide) groups is 1. The maximum absolute atomic E-state index is 10.9. The van der Waals surface area contributed by atoms with Crippen LogP contribution >= 0.6 is 11.8 Å². The molecule has 0 fully saturated rings. The van der Waals surface area contributed by atoms with Crippen LogP contribution in [0.1, 0.15) is 197 Å².